The molecule has 1 unspecified atom stereocenters. The van der Waals surface area contributed by atoms with Gasteiger partial charge in [0.05, 0.1) is 12.5 Å². The molecule has 1 saturated carbocycles. The molecular weight excluding hydrogens is 198 g/mol. The second-order valence-corrected chi connectivity index (χ2v) is 5.52. The van der Waals surface area contributed by atoms with E-state index in [0.29, 0.717) is 5.41 Å². The molecule has 0 bridgehead atoms. The first-order valence-electron chi connectivity index (χ1n) is 6.46. The predicted molar refractivity (Wildman–Crippen MR) is 66.5 cm³/mol. The molecule has 1 aliphatic rings. The van der Waals surface area contributed by atoms with Gasteiger partial charge in [0, 0.05) is 12.6 Å². The van der Waals surface area contributed by atoms with Crippen LogP contribution in [0, 0.1) is 5.41 Å². The van der Waals surface area contributed by atoms with Gasteiger partial charge in [-0.1, -0.05) is 20.3 Å². The fourth-order valence-corrected chi connectivity index (χ4v) is 2.41. The van der Waals surface area contributed by atoms with E-state index in [4.69, 9.17) is 4.42 Å². The van der Waals surface area contributed by atoms with Crippen LogP contribution in [0.5, 0.6) is 0 Å². The van der Waals surface area contributed by atoms with Gasteiger partial charge in [-0.3, -0.25) is 0 Å². The molecule has 1 heterocycles. The lowest BCUT2D eigenvalue weighted by molar-refractivity contribution is 0.273. The zero-order valence-electron chi connectivity index (χ0n) is 10.5. The minimum atomic E-state index is 0.376. The average Bonchev–Trinajstić information content (AvgIpc) is 2.95. The molecule has 0 radical (unpaired) electrons. The van der Waals surface area contributed by atoms with Gasteiger partial charge in [0.1, 0.15) is 0 Å². The smallest absolute Gasteiger partial charge is 0.0934 e. The molecule has 2 heteroatoms. The molecule has 1 aromatic heterocycles. The molecule has 1 N–H and O–H groups in total. The third-order valence-corrected chi connectivity index (χ3v) is 3.46. The number of hydrogen-bond acceptors (Lipinski definition) is 2. The Kier molecular flexibility index (Phi) is 3.70. The molecule has 16 heavy (non-hydrogen) atoms. The van der Waals surface area contributed by atoms with Crippen LogP contribution >= 0.6 is 0 Å². The lowest BCUT2D eigenvalue weighted by Crippen LogP contribution is -2.34. The second-order valence-electron chi connectivity index (χ2n) is 5.52. The summed E-state index contributed by atoms with van der Waals surface area (Å²) in [5.41, 5.74) is 1.70. The van der Waals surface area contributed by atoms with E-state index in [1.807, 2.05) is 6.26 Å². The van der Waals surface area contributed by atoms with Crippen molar-refractivity contribution in [1.82, 2.24) is 5.32 Å². The maximum Gasteiger partial charge on any atom is 0.0934 e. The van der Waals surface area contributed by atoms with Gasteiger partial charge in [-0.2, -0.15) is 0 Å². The van der Waals surface area contributed by atoms with Gasteiger partial charge in [-0.15, -0.1) is 0 Å². The first-order chi connectivity index (χ1) is 7.72. The Morgan fingerprint density at radius 3 is 2.88 bits per heavy atom. The van der Waals surface area contributed by atoms with Crippen LogP contribution in [-0.4, -0.2) is 12.6 Å². The minimum absolute atomic E-state index is 0.376. The quantitative estimate of drug-likeness (QED) is 0.763. The van der Waals surface area contributed by atoms with Crippen LogP contribution in [0.2, 0.25) is 0 Å². The van der Waals surface area contributed by atoms with Crippen molar-refractivity contribution in [2.75, 3.05) is 6.54 Å². The summed E-state index contributed by atoms with van der Waals surface area (Å²) in [6, 6.07) is 2.89. The van der Waals surface area contributed by atoms with Gasteiger partial charge < -0.3 is 9.73 Å². The Bertz CT molecular complexity index is 303. The molecule has 2 rings (SSSR count). The number of rotatable bonds is 7. The summed E-state index contributed by atoms with van der Waals surface area (Å²) in [4.78, 5) is 0. The van der Waals surface area contributed by atoms with Gasteiger partial charge >= 0.3 is 0 Å². The highest BCUT2D eigenvalue weighted by molar-refractivity contribution is 5.08. The average molecular weight is 221 g/mol. The number of hydrogen-bond donors (Lipinski definition) is 1. The maximum atomic E-state index is 5.16. The van der Waals surface area contributed by atoms with Gasteiger partial charge in [-0.25, -0.2) is 0 Å². The SMILES string of the molecule is CCCC(C)(CNC1CC1)Cc1ccoc1. The molecule has 0 aliphatic heterocycles. The molecule has 1 fully saturated rings. The van der Waals surface area contributed by atoms with Crippen molar-refractivity contribution in [2.24, 2.45) is 5.41 Å². The number of nitrogens with one attached hydrogen (secondary N) is 1. The van der Waals surface area contributed by atoms with Crippen molar-refractivity contribution < 1.29 is 4.42 Å². The van der Waals surface area contributed by atoms with E-state index in [1.54, 1.807) is 6.26 Å². The normalized spacial score (nSPS) is 19.6. The molecule has 1 atom stereocenters. The van der Waals surface area contributed by atoms with Crippen molar-refractivity contribution in [1.29, 1.82) is 0 Å². The van der Waals surface area contributed by atoms with E-state index in [9.17, 15) is 0 Å². The van der Waals surface area contributed by atoms with Gasteiger partial charge in [0.2, 0.25) is 0 Å². The zero-order valence-corrected chi connectivity index (χ0v) is 10.5. The Morgan fingerprint density at radius 2 is 2.31 bits per heavy atom. The predicted octanol–water partition coefficient (Wildman–Crippen LogP) is 3.38. The summed E-state index contributed by atoms with van der Waals surface area (Å²) < 4.78 is 5.16. The highest BCUT2D eigenvalue weighted by Gasteiger charge is 2.28. The molecule has 0 amide bonds. The Morgan fingerprint density at radius 1 is 1.50 bits per heavy atom. The Hall–Kier alpha value is -0.760. The maximum absolute atomic E-state index is 5.16. The molecular formula is C14H23NO. The van der Waals surface area contributed by atoms with E-state index in [1.165, 1.54) is 31.2 Å². The van der Waals surface area contributed by atoms with Crippen molar-refractivity contribution in [3.05, 3.63) is 24.2 Å². The molecule has 0 saturated heterocycles. The van der Waals surface area contributed by atoms with E-state index >= 15 is 0 Å². The molecule has 1 aromatic rings. The topological polar surface area (TPSA) is 25.2 Å². The zero-order chi connectivity index (χ0) is 11.4. The summed E-state index contributed by atoms with van der Waals surface area (Å²) in [6.07, 6.45) is 10.0. The Labute approximate surface area is 98.4 Å². The summed E-state index contributed by atoms with van der Waals surface area (Å²) >= 11 is 0. The molecule has 90 valence electrons. The summed E-state index contributed by atoms with van der Waals surface area (Å²) in [5, 5.41) is 3.66. The minimum Gasteiger partial charge on any atom is -0.472 e. The van der Waals surface area contributed by atoms with Crippen LogP contribution in [0.4, 0.5) is 0 Å². The van der Waals surface area contributed by atoms with Crippen LogP contribution in [0.25, 0.3) is 0 Å². The van der Waals surface area contributed by atoms with Crippen LogP contribution in [0.1, 0.15) is 45.1 Å². The van der Waals surface area contributed by atoms with Crippen molar-refractivity contribution in [3.63, 3.8) is 0 Å². The molecule has 0 aromatic carbocycles. The lowest BCUT2D eigenvalue weighted by atomic mass is 9.80. The first kappa shape index (κ1) is 11.7. The van der Waals surface area contributed by atoms with Gasteiger partial charge in [-0.05, 0) is 42.7 Å². The fourth-order valence-electron chi connectivity index (χ4n) is 2.41. The van der Waals surface area contributed by atoms with Crippen LogP contribution in [0.15, 0.2) is 23.0 Å². The monoisotopic (exact) mass is 221 g/mol. The Balaban J connectivity index is 1.89. The molecule has 1 aliphatic carbocycles. The largest absolute Gasteiger partial charge is 0.472 e. The van der Waals surface area contributed by atoms with E-state index in [0.717, 1.165) is 19.0 Å². The third kappa shape index (κ3) is 3.38. The van der Waals surface area contributed by atoms with Crippen molar-refractivity contribution in [2.45, 2.75) is 52.0 Å². The third-order valence-electron chi connectivity index (χ3n) is 3.46. The molecule has 2 nitrogen and oxygen atoms in total. The highest BCUT2D eigenvalue weighted by atomic mass is 16.3. The van der Waals surface area contributed by atoms with Crippen molar-refractivity contribution in [3.8, 4) is 0 Å². The molecule has 0 spiro atoms. The summed E-state index contributed by atoms with van der Waals surface area (Å²) in [7, 11) is 0. The lowest BCUT2D eigenvalue weighted by Gasteiger charge is -2.29. The van der Waals surface area contributed by atoms with Crippen LogP contribution < -0.4 is 5.32 Å². The summed E-state index contributed by atoms with van der Waals surface area (Å²) in [6.45, 7) is 5.79. The van der Waals surface area contributed by atoms with E-state index < -0.39 is 0 Å². The summed E-state index contributed by atoms with van der Waals surface area (Å²) in [5.74, 6) is 0. The van der Waals surface area contributed by atoms with Crippen LogP contribution in [-0.2, 0) is 6.42 Å². The van der Waals surface area contributed by atoms with E-state index in [2.05, 4.69) is 25.2 Å². The second kappa shape index (κ2) is 5.05. The van der Waals surface area contributed by atoms with Gasteiger partial charge in [0.15, 0.2) is 0 Å². The highest BCUT2D eigenvalue weighted by Crippen LogP contribution is 2.29. The fraction of sp³-hybridized carbons (Fsp3) is 0.714. The van der Waals surface area contributed by atoms with Crippen LogP contribution in [0.3, 0.4) is 0 Å². The first-order valence-corrected chi connectivity index (χ1v) is 6.46. The van der Waals surface area contributed by atoms with Crippen molar-refractivity contribution >= 4 is 0 Å². The van der Waals surface area contributed by atoms with Gasteiger partial charge in [0.25, 0.3) is 0 Å². The standard InChI is InChI=1S/C14H23NO/c1-3-7-14(2,11-15-13-4-5-13)9-12-6-8-16-10-12/h6,8,10,13,15H,3-5,7,9,11H2,1-2H3. The number of furan rings is 1. The van der Waals surface area contributed by atoms with E-state index in [-0.39, 0.29) is 0 Å².